The van der Waals surface area contributed by atoms with E-state index < -0.39 is 0 Å². The molecule has 1 unspecified atom stereocenters. The number of anilines is 1. The molecule has 5 heteroatoms. The van der Waals surface area contributed by atoms with Gasteiger partial charge in [0.05, 0.1) is 0 Å². The van der Waals surface area contributed by atoms with Gasteiger partial charge in [-0.05, 0) is 29.7 Å². The van der Waals surface area contributed by atoms with Gasteiger partial charge in [0.1, 0.15) is 6.33 Å². The first-order chi connectivity index (χ1) is 10.0. The van der Waals surface area contributed by atoms with Crippen molar-refractivity contribution >= 4 is 17.4 Å². The second kappa shape index (κ2) is 5.72. The summed E-state index contributed by atoms with van der Waals surface area (Å²) in [6.45, 7) is 4.70. The first-order valence-electron chi connectivity index (χ1n) is 7.32. The number of hydrogen-bond donors (Lipinski definition) is 1. The minimum absolute atomic E-state index is 0.418. The van der Waals surface area contributed by atoms with E-state index in [-0.39, 0.29) is 0 Å². The molecule has 1 fully saturated rings. The summed E-state index contributed by atoms with van der Waals surface area (Å²) >= 11 is 2.04. The maximum Gasteiger partial charge on any atom is 0.163 e. The Bertz CT molecular complexity index is 620. The van der Waals surface area contributed by atoms with E-state index in [1.54, 1.807) is 6.33 Å². The van der Waals surface area contributed by atoms with Gasteiger partial charge in [0.15, 0.2) is 5.82 Å². The molecule has 1 aromatic carbocycles. The molecule has 1 aromatic heterocycles. The Labute approximate surface area is 130 Å². The fourth-order valence-corrected chi connectivity index (χ4v) is 4.16. The number of hydrogen-bond acceptors (Lipinski definition) is 4. The van der Waals surface area contributed by atoms with Crippen LogP contribution < -0.4 is 5.32 Å². The Morgan fingerprint density at radius 2 is 2.24 bits per heavy atom. The van der Waals surface area contributed by atoms with E-state index in [2.05, 4.69) is 53.6 Å². The van der Waals surface area contributed by atoms with Crippen molar-refractivity contribution in [1.29, 1.82) is 0 Å². The third-order valence-corrected chi connectivity index (χ3v) is 5.44. The summed E-state index contributed by atoms with van der Waals surface area (Å²) in [4.78, 5) is 0. The first-order valence-corrected chi connectivity index (χ1v) is 8.48. The number of thioether (sulfide) groups is 1. The molecule has 1 N–H and O–H groups in total. The van der Waals surface area contributed by atoms with Gasteiger partial charge in [-0.25, -0.2) is 0 Å². The van der Waals surface area contributed by atoms with Crippen molar-refractivity contribution < 1.29 is 0 Å². The number of nitrogens with one attached hydrogen (secondary N) is 1. The molecule has 0 saturated carbocycles. The largest absolute Gasteiger partial charge is 0.381 e. The molecule has 0 aliphatic carbocycles. The molecule has 2 aromatic rings. The lowest BCUT2D eigenvalue weighted by molar-refractivity contribution is 0.358. The molecule has 21 heavy (non-hydrogen) atoms. The van der Waals surface area contributed by atoms with Crippen molar-refractivity contribution in [3.63, 3.8) is 0 Å². The number of nitrogens with zero attached hydrogens (tertiary/aromatic N) is 3. The Morgan fingerprint density at radius 1 is 1.38 bits per heavy atom. The molecule has 0 radical (unpaired) electrons. The van der Waals surface area contributed by atoms with E-state index in [9.17, 15) is 0 Å². The SMILES string of the molecule is Cn1cnnc1-c1cccc(NC2CSCC(C)(C)C2)c1. The molecule has 2 heterocycles. The second-order valence-corrected chi connectivity index (χ2v) is 7.60. The monoisotopic (exact) mass is 302 g/mol. The van der Waals surface area contributed by atoms with Crippen LogP contribution in [-0.4, -0.2) is 32.3 Å². The summed E-state index contributed by atoms with van der Waals surface area (Å²) in [5, 5.41) is 11.8. The van der Waals surface area contributed by atoms with Crippen molar-refractivity contribution in [3.05, 3.63) is 30.6 Å². The molecule has 4 nitrogen and oxygen atoms in total. The Morgan fingerprint density at radius 3 is 2.95 bits per heavy atom. The van der Waals surface area contributed by atoms with Crippen LogP contribution in [0.4, 0.5) is 5.69 Å². The predicted octanol–water partition coefficient (Wildman–Crippen LogP) is 3.43. The number of aryl methyl sites for hydroxylation is 1. The van der Waals surface area contributed by atoms with Crippen molar-refractivity contribution in [2.75, 3.05) is 16.8 Å². The van der Waals surface area contributed by atoms with E-state index in [0.717, 1.165) is 11.4 Å². The summed E-state index contributed by atoms with van der Waals surface area (Å²) in [7, 11) is 1.97. The highest BCUT2D eigenvalue weighted by atomic mass is 32.2. The summed E-state index contributed by atoms with van der Waals surface area (Å²) in [6.07, 6.45) is 2.95. The van der Waals surface area contributed by atoms with Gasteiger partial charge < -0.3 is 9.88 Å². The Hall–Kier alpha value is -1.49. The first kappa shape index (κ1) is 14.4. The lowest BCUT2D eigenvalue weighted by Crippen LogP contribution is -2.35. The molecule has 3 rings (SSSR count). The van der Waals surface area contributed by atoms with Crippen LogP contribution in [0.5, 0.6) is 0 Å². The maximum absolute atomic E-state index is 4.18. The zero-order valence-electron chi connectivity index (χ0n) is 12.8. The van der Waals surface area contributed by atoms with Crippen molar-refractivity contribution in [1.82, 2.24) is 14.8 Å². The molecular formula is C16H22N4S. The molecule has 1 aliphatic heterocycles. The maximum atomic E-state index is 4.18. The molecule has 0 amide bonds. The van der Waals surface area contributed by atoms with Gasteiger partial charge >= 0.3 is 0 Å². The van der Waals surface area contributed by atoms with Gasteiger partial charge in [-0.15, -0.1) is 10.2 Å². The molecule has 0 bridgehead atoms. The predicted molar refractivity (Wildman–Crippen MR) is 89.6 cm³/mol. The highest BCUT2D eigenvalue weighted by molar-refractivity contribution is 7.99. The van der Waals surface area contributed by atoms with Gasteiger partial charge in [0, 0.05) is 30.1 Å². The third kappa shape index (κ3) is 3.40. The van der Waals surface area contributed by atoms with E-state index in [1.165, 1.54) is 23.6 Å². The Balaban J connectivity index is 1.76. The van der Waals surface area contributed by atoms with Crippen molar-refractivity contribution in [3.8, 4) is 11.4 Å². The Kier molecular flexibility index (Phi) is 3.93. The highest BCUT2D eigenvalue weighted by Crippen LogP contribution is 2.35. The number of aromatic nitrogens is 3. The molecular weight excluding hydrogens is 280 g/mol. The highest BCUT2D eigenvalue weighted by Gasteiger charge is 2.28. The third-order valence-electron chi connectivity index (χ3n) is 3.81. The fourth-order valence-electron chi connectivity index (χ4n) is 2.88. The van der Waals surface area contributed by atoms with Crippen LogP contribution in [0.2, 0.25) is 0 Å². The zero-order chi connectivity index (χ0) is 14.9. The van der Waals surface area contributed by atoms with Gasteiger partial charge in [-0.1, -0.05) is 26.0 Å². The fraction of sp³-hybridized carbons (Fsp3) is 0.500. The minimum Gasteiger partial charge on any atom is -0.381 e. The molecule has 1 saturated heterocycles. The van der Waals surface area contributed by atoms with Gasteiger partial charge in [0.25, 0.3) is 0 Å². The topological polar surface area (TPSA) is 42.7 Å². The molecule has 1 aliphatic rings. The summed E-state index contributed by atoms with van der Waals surface area (Å²) in [6, 6.07) is 8.98. The van der Waals surface area contributed by atoms with Gasteiger partial charge in [-0.2, -0.15) is 11.8 Å². The van der Waals surface area contributed by atoms with Crippen LogP contribution in [0.15, 0.2) is 30.6 Å². The van der Waals surface area contributed by atoms with E-state index in [4.69, 9.17) is 0 Å². The van der Waals surface area contributed by atoms with E-state index in [0.29, 0.717) is 11.5 Å². The minimum atomic E-state index is 0.418. The molecule has 112 valence electrons. The summed E-state index contributed by atoms with van der Waals surface area (Å²) in [5.41, 5.74) is 2.68. The average Bonchev–Trinajstić information content (AvgIpc) is 2.84. The van der Waals surface area contributed by atoms with Crippen LogP contribution in [0.3, 0.4) is 0 Å². The quantitative estimate of drug-likeness (QED) is 0.943. The van der Waals surface area contributed by atoms with Crippen LogP contribution in [-0.2, 0) is 7.05 Å². The van der Waals surface area contributed by atoms with Crippen LogP contribution in [0, 0.1) is 5.41 Å². The smallest absolute Gasteiger partial charge is 0.163 e. The number of rotatable bonds is 3. The van der Waals surface area contributed by atoms with E-state index >= 15 is 0 Å². The standard InChI is InChI=1S/C16H22N4S/c1-16(2)8-14(9-21-10-16)18-13-6-4-5-12(7-13)15-19-17-11-20(15)3/h4-7,11,14,18H,8-10H2,1-3H3. The molecule has 0 spiro atoms. The van der Waals surface area contributed by atoms with Crippen molar-refractivity contribution in [2.24, 2.45) is 12.5 Å². The molecule has 1 atom stereocenters. The van der Waals surface area contributed by atoms with Gasteiger partial charge in [0.2, 0.25) is 0 Å². The zero-order valence-corrected chi connectivity index (χ0v) is 13.7. The lowest BCUT2D eigenvalue weighted by Gasteiger charge is -2.35. The summed E-state index contributed by atoms with van der Waals surface area (Å²) < 4.78 is 1.94. The van der Waals surface area contributed by atoms with Crippen molar-refractivity contribution in [2.45, 2.75) is 26.3 Å². The van der Waals surface area contributed by atoms with Crippen LogP contribution in [0.25, 0.3) is 11.4 Å². The summed E-state index contributed by atoms with van der Waals surface area (Å²) in [5.74, 6) is 3.33. The lowest BCUT2D eigenvalue weighted by atomic mass is 9.88. The van der Waals surface area contributed by atoms with Crippen LogP contribution >= 0.6 is 11.8 Å². The normalized spacial score (nSPS) is 21.2. The second-order valence-electron chi connectivity index (χ2n) is 6.57. The van der Waals surface area contributed by atoms with E-state index in [1.807, 2.05) is 23.4 Å². The van der Waals surface area contributed by atoms with Gasteiger partial charge in [-0.3, -0.25) is 0 Å². The number of benzene rings is 1. The average molecular weight is 302 g/mol. The van der Waals surface area contributed by atoms with Crippen LogP contribution in [0.1, 0.15) is 20.3 Å².